The number of hydrogen-bond acceptors (Lipinski definition) is 3. The Kier molecular flexibility index (Phi) is 4.78. The second kappa shape index (κ2) is 6.87. The van der Waals surface area contributed by atoms with Crippen molar-refractivity contribution in [3.8, 4) is 0 Å². The summed E-state index contributed by atoms with van der Waals surface area (Å²) in [6.07, 6.45) is 0. The molecule has 2 aromatic carbocycles. The summed E-state index contributed by atoms with van der Waals surface area (Å²) in [7, 11) is -3.89. The lowest BCUT2D eigenvalue weighted by Crippen LogP contribution is -2.14. The lowest BCUT2D eigenvalue weighted by molar-refractivity contribution is 0.579. The minimum atomic E-state index is -3.89. The molecule has 0 saturated carbocycles. The molecule has 0 atom stereocenters. The molecule has 8 heteroatoms. The second-order valence-electron chi connectivity index (χ2n) is 5.85. The van der Waals surface area contributed by atoms with Gasteiger partial charge in [-0.3, -0.25) is 9.40 Å². The molecule has 3 aromatic rings. The molecular formula is C18H17F2N3O2S. The normalized spacial score (nSPS) is 11.5. The summed E-state index contributed by atoms with van der Waals surface area (Å²) in [6, 6.07) is 10.9. The van der Waals surface area contributed by atoms with E-state index in [4.69, 9.17) is 0 Å². The summed E-state index contributed by atoms with van der Waals surface area (Å²) in [5.41, 5.74) is 1.79. The number of anilines is 1. The van der Waals surface area contributed by atoms with E-state index in [9.17, 15) is 17.2 Å². The SMILES string of the molecule is Cc1nn(Cc2ccccc2F)c(C)c1NS(=O)(=O)c1ccc(F)cc1. The molecule has 0 spiro atoms. The van der Waals surface area contributed by atoms with Crippen molar-refractivity contribution in [1.82, 2.24) is 9.78 Å². The maximum absolute atomic E-state index is 13.9. The van der Waals surface area contributed by atoms with E-state index in [2.05, 4.69) is 9.82 Å². The van der Waals surface area contributed by atoms with Crippen LogP contribution >= 0.6 is 0 Å². The zero-order valence-corrected chi connectivity index (χ0v) is 15.0. The van der Waals surface area contributed by atoms with Crippen molar-refractivity contribution in [3.05, 3.63) is 77.1 Å². The maximum atomic E-state index is 13.9. The highest BCUT2D eigenvalue weighted by Gasteiger charge is 2.20. The average Bonchev–Trinajstić information content (AvgIpc) is 2.84. The molecule has 1 aromatic heterocycles. The first kappa shape index (κ1) is 18.1. The summed E-state index contributed by atoms with van der Waals surface area (Å²) in [6.45, 7) is 3.54. The van der Waals surface area contributed by atoms with Gasteiger partial charge < -0.3 is 0 Å². The molecule has 3 rings (SSSR count). The summed E-state index contributed by atoms with van der Waals surface area (Å²) < 4.78 is 55.9. The molecule has 26 heavy (non-hydrogen) atoms. The smallest absolute Gasteiger partial charge is 0.262 e. The third-order valence-corrected chi connectivity index (χ3v) is 5.39. The summed E-state index contributed by atoms with van der Waals surface area (Å²) >= 11 is 0. The fourth-order valence-corrected chi connectivity index (χ4v) is 3.77. The molecule has 136 valence electrons. The molecule has 0 aliphatic rings. The fraction of sp³-hybridized carbons (Fsp3) is 0.167. The first-order valence-corrected chi connectivity index (χ1v) is 9.32. The monoisotopic (exact) mass is 377 g/mol. The van der Waals surface area contributed by atoms with Crippen LogP contribution in [0.4, 0.5) is 14.5 Å². The van der Waals surface area contributed by atoms with E-state index < -0.39 is 15.8 Å². The summed E-state index contributed by atoms with van der Waals surface area (Å²) in [4.78, 5) is -0.0560. The Hall–Kier alpha value is -2.74. The highest BCUT2D eigenvalue weighted by molar-refractivity contribution is 7.92. The standard InChI is InChI=1S/C18H17F2N3O2S/c1-12-18(22-26(24,25)16-9-7-15(19)8-10-16)13(2)23(21-12)11-14-5-3-4-6-17(14)20/h3-10,22H,11H2,1-2H3. The quantitative estimate of drug-likeness (QED) is 0.739. The van der Waals surface area contributed by atoms with Crippen LogP contribution in [0.15, 0.2) is 53.4 Å². The molecular weight excluding hydrogens is 360 g/mol. The molecule has 0 radical (unpaired) electrons. The van der Waals surface area contributed by atoms with Gasteiger partial charge in [0.2, 0.25) is 0 Å². The average molecular weight is 377 g/mol. The molecule has 0 aliphatic carbocycles. The third-order valence-electron chi connectivity index (χ3n) is 4.02. The summed E-state index contributed by atoms with van der Waals surface area (Å²) in [5, 5.41) is 4.30. The highest BCUT2D eigenvalue weighted by Crippen LogP contribution is 2.24. The van der Waals surface area contributed by atoms with Crippen LogP contribution in [0, 0.1) is 25.5 Å². The van der Waals surface area contributed by atoms with Crippen LogP contribution in [-0.2, 0) is 16.6 Å². The Morgan fingerprint density at radius 1 is 1.04 bits per heavy atom. The molecule has 0 amide bonds. The van der Waals surface area contributed by atoms with Gasteiger partial charge in [-0.1, -0.05) is 18.2 Å². The molecule has 5 nitrogen and oxygen atoms in total. The number of nitrogens with one attached hydrogen (secondary N) is 1. The van der Waals surface area contributed by atoms with Crippen LogP contribution in [0.25, 0.3) is 0 Å². The van der Waals surface area contributed by atoms with Gasteiger partial charge in [-0.15, -0.1) is 0 Å². The van der Waals surface area contributed by atoms with E-state index in [0.717, 1.165) is 12.1 Å². The van der Waals surface area contributed by atoms with Gasteiger partial charge in [0.25, 0.3) is 10.0 Å². The number of rotatable bonds is 5. The predicted molar refractivity (Wildman–Crippen MR) is 94.4 cm³/mol. The topological polar surface area (TPSA) is 64.0 Å². The Bertz CT molecular complexity index is 1040. The van der Waals surface area contributed by atoms with Gasteiger partial charge in [0.15, 0.2) is 0 Å². The zero-order chi connectivity index (χ0) is 18.9. The second-order valence-corrected chi connectivity index (χ2v) is 7.54. The maximum Gasteiger partial charge on any atom is 0.262 e. The van der Waals surface area contributed by atoms with E-state index in [1.54, 1.807) is 32.0 Å². The number of halogens is 2. The Morgan fingerprint density at radius 2 is 1.69 bits per heavy atom. The van der Waals surface area contributed by atoms with Crippen LogP contribution in [0.5, 0.6) is 0 Å². The van der Waals surface area contributed by atoms with Crippen molar-refractivity contribution in [3.63, 3.8) is 0 Å². The van der Waals surface area contributed by atoms with Crippen molar-refractivity contribution < 1.29 is 17.2 Å². The molecule has 0 unspecified atom stereocenters. The van der Waals surface area contributed by atoms with Crippen molar-refractivity contribution in [2.45, 2.75) is 25.3 Å². The number of sulfonamides is 1. The Morgan fingerprint density at radius 3 is 2.35 bits per heavy atom. The third kappa shape index (κ3) is 3.60. The predicted octanol–water partition coefficient (Wildman–Crippen LogP) is 3.63. The van der Waals surface area contributed by atoms with Crippen LogP contribution < -0.4 is 4.72 Å². The number of nitrogens with zero attached hydrogens (tertiary/aromatic N) is 2. The van der Waals surface area contributed by atoms with E-state index >= 15 is 0 Å². The number of aromatic nitrogens is 2. The Balaban J connectivity index is 1.91. The van der Waals surface area contributed by atoms with E-state index in [-0.39, 0.29) is 17.3 Å². The summed E-state index contributed by atoms with van der Waals surface area (Å²) in [5.74, 6) is -0.873. The molecule has 1 heterocycles. The largest absolute Gasteiger partial charge is 0.276 e. The fourth-order valence-electron chi connectivity index (χ4n) is 2.59. The van der Waals surface area contributed by atoms with Crippen molar-refractivity contribution in [1.29, 1.82) is 0 Å². The minimum Gasteiger partial charge on any atom is -0.276 e. The first-order chi connectivity index (χ1) is 12.3. The van der Waals surface area contributed by atoms with Crippen LogP contribution in [-0.4, -0.2) is 18.2 Å². The van der Waals surface area contributed by atoms with Gasteiger partial charge in [-0.05, 0) is 44.2 Å². The van der Waals surface area contributed by atoms with E-state index in [1.807, 2.05) is 0 Å². The minimum absolute atomic E-state index is 0.0560. The first-order valence-electron chi connectivity index (χ1n) is 7.84. The Labute approximate surface area is 150 Å². The van der Waals surface area contributed by atoms with Gasteiger partial charge >= 0.3 is 0 Å². The van der Waals surface area contributed by atoms with Crippen molar-refractivity contribution in [2.24, 2.45) is 0 Å². The molecule has 0 saturated heterocycles. The van der Waals surface area contributed by atoms with E-state index in [1.165, 1.54) is 22.9 Å². The highest BCUT2D eigenvalue weighted by atomic mass is 32.2. The van der Waals surface area contributed by atoms with Gasteiger partial charge in [-0.25, -0.2) is 17.2 Å². The van der Waals surface area contributed by atoms with Crippen molar-refractivity contribution >= 4 is 15.7 Å². The zero-order valence-electron chi connectivity index (χ0n) is 14.2. The van der Waals surface area contributed by atoms with Crippen LogP contribution in [0.3, 0.4) is 0 Å². The van der Waals surface area contributed by atoms with E-state index in [0.29, 0.717) is 22.6 Å². The van der Waals surface area contributed by atoms with Gasteiger partial charge in [0, 0.05) is 5.56 Å². The lowest BCUT2D eigenvalue weighted by Gasteiger charge is -2.09. The number of hydrogen-bond donors (Lipinski definition) is 1. The number of benzene rings is 2. The molecule has 0 aliphatic heterocycles. The van der Waals surface area contributed by atoms with Crippen LogP contribution in [0.1, 0.15) is 17.0 Å². The molecule has 0 bridgehead atoms. The lowest BCUT2D eigenvalue weighted by atomic mass is 10.2. The van der Waals surface area contributed by atoms with Gasteiger partial charge in [-0.2, -0.15) is 5.10 Å². The van der Waals surface area contributed by atoms with Gasteiger partial charge in [0.05, 0.1) is 28.5 Å². The molecule has 0 fully saturated rings. The van der Waals surface area contributed by atoms with Gasteiger partial charge in [0.1, 0.15) is 11.6 Å². The molecule has 1 N–H and O–H groups in total. The van der Waals surface area contributed by atoms with Crippen molar-refractivity contribution in [2.75, 3.05) is 4.72 Å². The van der Waals surface area contributed by atoms with Crippen LogP contribution in [0.2, 0.25) is 0 Å². The number of aryl methyl sites for hydroxylation is 1.